The van der Waals surface area contributed by atoms with E-state index in [1.165, 1.54) is 12.1 Å². The summed E-state index contributed by atoms with van der Waals surface area (Å²) in [5.41, 5.74) is 4.55. The molecule has 1 aliphatic heterocycles. The van der Waals surface area contributed by atoms with E-state index < -0.39 is 5.60 Å². The summed E-state index contributed by atoms with van der Waals surface area (Å²) < 4.78 is 19.9. The van der Waals surface area contributed by atoms with Crippen molar-refractivity contribution in [2.45, 2.75) is 45.6 Å². The zero-order valence-corrected chi connectivity index (χ0v) is 20.9. The van der Waals surface area contributed by atoms with E-state index in [1.807, 2.05) is 32.9 Å². The topological polar surface area (TPSA) is 58.2 Å². The Morgan fingerprint density at radius 3 is 2.55 bits per heavy atom. The zero-order chi connectivity index (χ0) is 23.8. The monoisotopic (exact) mass is 513 g/mol. The number of ether oxygens (including phenoxy) is 1. The third-order valence-electron chi connectivity index (χ3n) is 5.97. The van der Waals surface area contributed by atoms with Gasteiger partial charge in [0.15, 0.2) is 0 Å². The van der Waals surface area contributed by atoms with Crippen LogP contribution < -0.4 is 0 Å². The number of halogens is 2. The highest BCUT2D eigenvalue weighted by atomic mass is 79.9. The van der Waals surface area contributed by atoms with Crippen LogP contribution in [0.15, 0.2) is 53.3 Å². The largest absolute Gasteiger partial charge is 0.444 e. The van der Waals surface area contributed by atoms with E-state index in [0.29, 0.717) is 13.1 Å². The number of carbonyl (C=O) groups is 1. The fourth-order valence-corrected chi connectivity index (χ4v) is 4.78. The van der Waals surface area contributed by atoms with Gasteiger partial charge in [-0.25, -0.2) is 14.2 Å². The first kappa shape index (κ1) is 23.5. The van der Waals surface area contributed by atoms with Crippen LogP contribution in [-0.2, 0) is 4.74 Å². The van der Waals surface area contributed by atoms with E-state index >= 15 is 0 Å². The summed E-state index contributed by atoms with van der Waals surface area (Å²) in [5.74, 6) is 0.256. The molecule has 0 spiro atoms. The van der Waals surface area contributed by atoms with Crippen molar-refractivity contribution < 1.29 is 13.9 Å². The lowest BCUT2D eigenvalue weighted by atomic mass is 9.84. The van der Waals surface area contributed by atoms with Crippen LogP contribution in [0.4, 0.5) is 9.18 Å². The van der Waals surface area contributed by atoms with Gasteiger partial charge in [0.1, 0.15) is 16.0 Å². The molecule has 7 heteroatoms. The molecule has 0 radical (unpaired) electrons. The number of amides is 1. The minimum absolute atomic E-state index is 0.253. The van der Waals surface area contributed by atoms with Gasteiger partial charge in [0, 0.05) is 36.5 Å². The number of hydrogen-bond acceptors (Lipinski definition) is 3. The second-order valence-electron chi connectivity index (χ2n) is 9.69. The highest BCUT2D eigenvalue weighted by Crippen LogP contribution is 2.39. The maximum atomic E-state index is 13.6. The molecular weight excluding hydrogens is 485 g/mol. The number of carbonyl (C=O) groups excluding carboxylic acids is 1. The number of piperidine rings is 1. The highest BCUT2D eigenvalue weighted by Gasteiger charge is 2.33. The maximum Gasteiger partial charge on any atom is 0.410 e. The Bertz CT molecular complexity index is 1140. The van der Waals surface area contributed by atoms with Gasteiger partial charge in [-0.2, -0.15) is 0 Å². The second-order valence-corrected chi connectivity index (χ2v) is 10.5. The Balaban J connectivity index is 1.64. The van der Waals surface area contributed by atoms with Crippen LogP contribution in [0.25, 0.3) is 22.4 Å². The predicted octanol–water partition coefficient (Wildman–Crippen LogP) is 7.01. The average Bonchev–Trinajstić information content (AvgIpc) is 3.18. The summed E-state index contributed by atoms with van der Waals surface area (Å²) in [6, 6.07) is 12.7. The van der Waals surface area contributed by atoms with E-state index in [-0.39, 0.29) is 23.7 Å². The summed E-state index contributed by atoms with van der Waals surface area (Å²) in [6.07, 6.45) is 2.35. The number of hydrogen-bond donors (Lipinski definition) is 1. The molecule has 2 atom stereocenters. The summed E-state index contributed by atoms with van der Waals surface area (Å²) in [6.45, 7) is 9.11. The van der Waals surface area contributed by atoms with Gasteiger partial charge in [-0.1, -0.05) is 6.92 Å². The standard InChI is InChI=1S/C26H29BrFN3O2/c1-16-15-31(25(32)33-26(2,3)4)12-10-20(16)22-14-21(18-9-11-29-23(27)13-18)24(30-22)17-5-7-19(28)8-6-17/h5-9,11,13-14,16,20,30H,10,12,15H2,1-4H3/t16-,20-/m0/s1. The molecule has 33 heavy (non-hydrogen) atoms. The van der Waals surface area contributed by atoms with Crippen molar-refractivity contribution in [3.8, 4) is 22.4 Å². The first-order chi connectivity index (χ1) is 15.6. The number of nitrogens with zero attached hydrogens (tertiary/aromatic N) is 2. The molecule has 1 amide bonds. The molecule has 3 heterocycles. The Kier molecular flexibility index (Phi) is 6.61. The van der Waals surface area contributed by atoms with E-state index in [4.69, 9.17) is 4.74 Å². The minimum Gasteiger partial charge on any atom is -0.444 e. The lowest BCUT2D eigenvalue weighted by Crippen LogP contribution is -2.44. The van der Waals surface area contributed by atoms with Crippen molar-refractivity contribution >= 4 is 22.0 Å². The van der Waals surface area contributed by atoms with Crippen molar-refractivity contribution in [1.82, 2.24) is 14.9 Å². The van der Waals surface area contributed by atoms with Crippen LogP contribution in [0.1, 0.15) is 45.7 Å². The van der Waals surface area contributed by atoms with Crippen LogP contribution in [0.3, 0.4) is 0 Å². The number of nitrogens with one attached hydrogen (secondary N) is 1. The van der Waals surface area contributed by atoms with E-state index in [1.54, 1.807) is 23.2 Å². The molecular formula is C26H29BrFN3O2. The number of H-pyrrole nitrogens is 1. The number of pyridine rings is 1. The third kappa shape index (κ3) is 5.46. The molecule has 1 fully saturated rings. The van der Waals surface area contributed by atoms with Gasteiger partial charge in [0.2, 0.25) is 0 Å². The van der Waals surface area contributed by atoms with Crippen LogP contribution in [0.5, 0.6) is 0 Å². The number of rotatable bonds is 3. The lowest BCUT2D eigenvalue weighted by molar-refractivity contribution is 0.0154. The van der Waals surface area contributed by atoms with Gasteiger partial charge in [-0.3, -0.25) is 0 Å². The molecule has 3 aromatic rings. The minimum atomic E-state index is -0.506. The van der Waals surface area contributed by atoms with Crippen molar-refractivity contribution in [2.24, 2.45) is 5.92 Å². The molecule has 1 N–H and O–H groups in total. The SMILES string of the molecule is C[C@H]1CN(C(=O)OC(C)(C)C)CC[C@@H]1c1cc(-c2ccnc(Br)c2)c(-c2ccc(F)cc2)[nH]1. The summed E-state index contributed by atoms with van der Waals surface area (Å²) in [4.78, 5) is 22.2. The van der Waals surface area contributed by atoms with Crippen molar-refractivity contribution in [3.05, 3.63) is 64.8 Å². The molecule has 1 aliphatic rings. The predicted molar refractivity (Wildman–Crippen MR) is 131 cm³/mol. The van der Waals surface area contributed by atoms with Crippen molar-refractivity contribution in [3.63, 3.8) is 0 Å². The molecule has 4 rings (SSSR count). The van der Waals surface area contributed by atoms with Gasteiger partial charge < -0.3 is 14.6 Å². The smallest absolute Gasteiger partial charge is 0.410 e. The van der Waals surface area contributed by atoms with E-state index in [2.05, 4.69) is 38.9 Å². The number of aromatic amines is 1. The summed E-state index contributed by atoms with van der Waals surface area (Å²) >= 11 is 3.46. The Morgan fingerprint density at radius 2 is 1.91 bits per heavy atom. The number of benzene rings is 1. The van der Waals surface area contributed by atoms with Crippen molar-refractivity contribution in [2.75, 3.05) is 13.1 Å². The molecule has 0 bridgehead atoms. The van der Waals surface area contributed by atoms with Gasteiger partial charge in [0.25, 0.3) is 0 Å². The van der Waals surface area contributed by atoms with Gasteiger partial charge in [-0.05, 0) is 103 Å². The van der Waals surface area contributed by atoms with Crippen LogP contribution in [0.2, 0.25) is 0 Å². The first-order valence-corrected chi connectivity index (χ1v) is 12.0. The first-order valence-electron chi connectivity index (χ1n) is 11.2. The molecule has 5 nitrogen and oxygen atoms in total. The number of likely N-dealkylation sites (tertiary alicyclic amines) is 1. The van der Waals surface area contributed by atoms with Gasteiger partial charge in [-0.15, -0.1) is 0 Å². The Morgan fingerprint density at radius 1 is 1.18 bits per heavy atom. The fourth-order valence-electron chi connectivity index (χ4n) is 4.42. The van der Waals surface area contributed by atoms with Crippen LogP contribution >= 0.6 is 15.9 Å². The summed E-state index contributed by atoms with van der Waals surface area (Å²) in [7, 11) is 0. The van der Waals surface area contributed by atoms with Crippen molar-refractivity contribution in [1.29, 1.82) is 0 Å². The van der Waals surface area contributed by atoms with Gasteiger partial charge >= 0.3 is 6.09 Å². The molecule has 2 aromatic heterocycles. The van der Waals surface area contributed by atoms with Crippen LogP contribution in [0, 0.1) is 11.7 Å². The third-order valence-corrected chi connectivity index (χ3v) is 6.40. The molecule has 0 saturated carbocycles. The molecule has 0 aliphatic carbocycles. The van der Waals surface area contributed by atoms with Gasteiger partial charge in [0.05, 0.1) is 5.69 Å². The maximum absolute atomic E-state index is 13.6. The van der Waals surface area contributed by atoms with Crippen LogP contribution in [-0.4, -0.2) is 39.7 Å². The summed E-state index contributed by atoms with van der Waals surface area (Å²) in [5, 5.41) is 0. The second kappa shape index (κ2) is 9.29. The lowest BCUT2D eigenvalue weighted by Gasteiger charge is -2.37. The quantitative estimate of drug-likeness (QED) is 0.383. The Hall–Kier alpha value is -2.67. The molecule has 174 valence electrons. The normalized spacial score (nSPS) is 18.9. The number of aromatic nitrogens is 2. The average molecular weight is 514 g/mol. The highest BCUT2D eigenvalue weighted by molar-refractivity contribution is 9.10. The molecule has 1 saturated heterocycles. The van der Waals surface area contributed by atoms with E-state index in [9.17, 15) is 9.18 Å². The molecule has 0 unspecified atom stereocenters. The molecule has 1 aromatic carbocycles. The zero-order valence-electron chi connectivity index (χ0n) is 19.4. The van der Waals surface area contributed by atoms with E-state index in [0.717, 1.165) is 39.1 Å². The Labute approximate surface area is 202 Å². The fraction of sp³-hybridized carbons (Fsp3) is 0.385.